The smallest absolute Gasteiger partial charge is 0.330 e. The first kappa shape index (κ1) is 42.5. The molecule has 12 nitrogen and oxygen atoms in total. The number of methoxy groups -OCH3 is 2. The summed E-state index contributed by atoms with van der Waals surface area (Å²) in [4.78, 5) is 41.3. The first-order valence-electron chi connectivity index (χ1n) is 19.9. The molecule has 314 valence electrons. The van der Waals surface area contributed by atoms with Crippen LogP contribution in [0.5, 0.6) is 11.5 Å². The van der Waals surface area contributed by atoms with Crippen molar-refractivity contribution in [1.82, 2.24) is 14.2 Å². The zero-order chi connectivity index (χ0) is 41.7. The second-order valence-electron chi connectivity index (χ2n) is 14.9. The summed E-state index contributed by atoms with van der Waals surface area (Å²) < 4.78 is 43.2. The van der Waals surface area contributed by atoms with Gasteiger partial charge in [0.05, 0.1) is 27.4 Å². The van der Waals surface area contributed by atoms with Crippen LogP contribution in [0.25, 0.3) is 0 Å². The highest BCUT2D eigenvalue weighted by Crippen LogP contribution is 2.61. The van der Waals surface area contributed by atoms with E-state index in [1.165, 1.54) is 22.5 Å². The average Bonchev–Trinajstić information content (AvgIpc) is 4.02. The van der Waals surface area contributed by atoms with Gasteiger partial charge in [0.15, 0.2) is 13.7 Å². The minimum Gasteiger partial charge on any atom is -0.497 e. The molecule has 0 spiro atoms. The minimum absolute atomic E-state index is 0.00394. The van der Waals surface area contributed by atoms with E-state index < -0.39 is 48.4 Å². The number of aryl methyl sites for hydroxylation is 1. The largest absolute Gasteiger partial charge is 0.497 e. The van der Waals surface area contributed by atoms with E-state index in [1.807, 2.05) is 109 Å². The number of benzene rings is 4. The molecular weight excluding hydrogens is 822 g/mol. The van der Waals surface area contributed by atoms with Gasteiger partial charge < -0.3 is 28.2 Å². The molecule has 15 heteroatoms. The number of carbonyl (C=O) groups is 1. The summed E-state index contributed by atoms with van der Waals surface area (Å²) in [6.07, 6.45) is 1.34. The second kappa shape index (κ2) is 18.8. The van der Waals surface area contributed by atoms with E-state index in [0.717, 1.165) is 42.6 Å². The third-order valence-corrected chi connectivity index (χ3v) is 16.3. The minimum atomic E-state index is -1.25. The monoisotopic (exact) mass is 869 g/mol. The van der Waals surface area contributed by atoms with Crippen LogP contribution in [0.1, 0.15) is 51.7 Å². The Morgan fingerprint density at radius 2 is 1.45 bits per heavy atom. The number of rotatable bonds is 17. The Balaban J connectivity index is 1.16. The number of aromatic amines is 1. The summed E-state index contributed by atoms with van der Waals surface area (Å²) in [5.41, 5.74) is 0.207. The number of hydrogen-bond acceptors (Lipinski definition) is 12. The Labute approximate surface area is 358 Å². The highest BCUT2D eigenvalue weighted by molar-refractivity contribution is 8.53. The van der Waals surface area contributed by atoms with Crippen molar-refractivity contribution in [2.24, 2.45) is 0 Å². The molecule has 3 fully saturated rings. The second-order valence-corrected chi connectivity index (χ2v) is 19.6. The highest BCUT2D eigenvalue weighted by atomic mass is 32.7. The molecule has 3 aliphatic heterocycles. The van der Waals surface area contributed by atoms with Gasteiger partial charge in [-0.05, 0) is 60.7 Å². The van der Waals surface area contributed by atoms with Gasteiger partial charge in [-0.2, -0.15) is 0 Å². The molecule has 0 radical (unpaired) electrons. The Kier molecular flexibility index (Phi) is 13.3. The Bertz CT molecular complexity index is 2300. The van der Waals surface area contributed by atoms with Gasteiger partial charge in [0.1, 0.15) is 34.9 Å². The van der Waals surface area contributed by atoms with Crippen LogP contribution in [-0.2, 0) is 24.3 Å². The number of nitrogens with one attached hydrogen (secondary N) is 1. The molecule has 0 amide bonds. The first-order chi connectivity index (χ1) is 29.2. The maximum atomic E-state index is 13.4. The van der Waals surface area contributed by atoms with E-state index in [9.17, 15) is 14.4 Å². The van der Waals surface area contributed by atoms with Crippen LogP contribution in [-0.4, -0.2) is 89.2 Å². The lowest BCUT2D eigenvalue weighted by atomic mass is 9.79. The van der Waals surface area contributed by atoms with Crippen LogP contribution in [0, 0.1) is 6.92 Å². The molecule has 1 aromatic heterocycles. The number of nitrogens with zero attached hydrogens (tertiary/aromatic N) is 2. The SMILES string of the molecule is COc1ccc(C(OC[C@]23COC(C2OP(SCCSC(=O)c2ccccc2)N2CCCC2)[C@H](n2cc(C)c(=O)[nH]c2=O)O3)(c2ccccc2)c2ccc(OC)cc2)cc1. The van der Waals surface area contributed by atoms with Crippen LogP contribution < -0.4 is 20.7 Å². The summed E-state index contributed by atoms with van der Waals surface area (Å²) >= 11 is 3.01. The van der Waals surface area contributed by atoms with Gasteiger partial charge in [-0.25, -0.2) is 4.79 Å². The van der Waals surface area contributed by atoms with E-state index in [-0.39, 0.29) is 18.3 Å². The summed E-state index contributed by atoms with van der Waals surface area (Å²) in [6, 6.07) is 35.0. The number of hydrogen-bond donors (Lipinski definition) is 1. The third-order valence-electron chi connectivity index (χ3n) is 11.1. The van der Waals surface area contributed by atoms with Crippen molar-refractivity contribution in [2.75, 3.05) is 52.0 Å². The molecule has 3 saturated heterocycles. The molecule has 0 saturated carbocycles. The standard InChI is InChI=1S/C45H48N3O9PS2/c1-31-28-48(43(51)46-40(31)49)41-38-39(57-58(47-24-10-11-25-47)60-27-26-59-42(50)32-12-6-4-7-13-32)44(56-41,29-54-38)30-55-45(33-14-8-5-9-15-33,34-16-20-36(52-2)21-17-34)35-18-22-37(53-3)23-19-35/h4-9,12-23,28,38-39,41H,10-11,24-27,29-30H2,1-3H3,(H,46,49,51)/t38?,39?,41-,44-,58?/m1/s1. The number of ether oxygens (including phenoxy) is 5. The summed E-state index contributed by atoms with van der Waals surface area (Å²) in [7, 11) is 2.02. The molecule has 5 atom stereocenters. The normalized spacial score (nSPS) is 21.9. The molecule has 3 unspecified atom stereocenters. The number of thioether (sulfide) groups is 1. The first-order valence-corrected chi connectivity index (χ1v) is 23.7. The number of carbonyl (C=O) groups excluding carboxylic acids is 1. The van der Waals surface area contributed by atoms with Crippen molar-refractivity contribution in [3.05, 3.63) is 164 Å². The average molecular weight is 870 g/mol. The number of fused-ring (bicyclic) bond motifs is 2. The van der Waals surface area contributed by atoms with Crippen molar-refractivity contribution in [3.63, 3.8) is 0 Å². The van der Waals surface area contributed by atoms with Crippen LogP contribution in [0.3, 0.4) is 0 Å². The van der Waals surface area contributed by atoms with E-state index in [2.05, 4.69) is 9.65 Å². The van der Waals surface area contributed by atoms with Gasteiger partial charge in [-0.15, -0.1) is 0 Å². The van der Waals surface area contributed by atoms with Crippen molar-refractivity contribution in [3.8, 4) is 11.5 Å². The fourth-order valence-corrected chi connectivity index (χ4v) is 13.3. The Morgan fingerprint density at radius 1 is 0.850 bits per heavy atom. The fraction of sp³-hybridized carbons (Fsp3) is 0.356. The lowest BCUT2D eigenvalue weighted by molar-refractivity contribution is -0.203. The number of H-pyrrole nitrogens is 1. The van der Waals surface area contributed by atoms with Gasteiger partial charge >= 0.3 is 5.69 Å². The van der Waals surface area contributed by atoms with E-state index >= 15 is 0 Å². The van der Waals surface area contributed by atoms with Gasteiger partial charge in [0.2, 0.25) is 5.12 Å². The van der Waals surface area contributed by atoms with Crippen LogP contribution in [0.4, 0.5) is 0 Å². The third kappa shape index (κ3) is 8.62. The van der Waals surface area contributed by atoms with Gasteiger partial charge in [0, 0.05) is 41.9 Å². The molecule has 8 rings (SSSR count). The summed E-state index contributed by atoms with van der Waals surface area (Å²) in [6.45, 7) is 3.56. The predicted molar refractivity (Wildman–Crippen MR) is 235 cm³/mol. The van der Waals surface area contributed by atoms with Crippen molar-refractivity contribution < 1.29 is 33.0 Å². The lowest BCUT2D eigenvalue weighted by Crippen LogP contribution is -2.49. The predicted octanol–water partition coefficient (Wildman–Crippen LogP) is 7.55. The Morgan fingerprint density at radius 3 is 2.07 bits per heavy atom. The number of aromatic nitrogens is 2. The highest BCUT2D eigenvalue weighted by Gasteiger charge is 2.65. The molecule has 2 bridgehead atoms. The Hall–Kier alpha value is -4.24. The molecule has 0 aliphatic carbocycles. The topological polar surface area (TPSA) is 131 Å². The van der Waals surface area contributed by atoms with Gasteiger partial charge in [0.25, 0.3) is 5.56 Å². The molecule has 5 aromatic rings. The van der Waals surface area contributed by atoms with Crippen molar-refractivity contribution in [1.29, 1.82) is 0 Å². The van der Waals surface area contributed by atoms with Crippen molar-refractivity contribution in [2.45, 2.75) is 49.4 Å². The maximum absolute atomic E-state index is 13.4. The lowest BCUT2D eigenvalue weighted by Gasteiger charge is -2.40. The quantitative estimate of drug-likeness (QED) is 0.0563. The molecule has 1 N–H and O–H groups in total. The van der Waals surface area contributed by atoms with E-state index in [1.54, 1.807) is 32.5 Å². The molecule has 4 aromatic carbocycles. The van der Waals surface area contributed by atoms with E-state index in [4.69, 9.17) is 28.2 Å². The van der Waals surface area contributed by atoms with Crippen LogP contribution >= 0.6 is 30.6 Å². The zero-order valence-corrected chi connectivity index (χ0v) is 36.2. The molecule has 4 heterocycles. The van der Waals surface area contributed by atoms with Gasteiger partial charge in [-0.1, -0.05) is 108 Å². The van der Waals surface area contributed by atoms with Crippen LogP contribution in [0.2, 0.25) is 0 Å². The van der Waals surface area contributed by atoms with E-state index in [0.29, 0.717) is 34.1 Å². The molecule has 60 heavy (non-hydrogen) atoms. The zero-order valence-electron chi connectivity index (χ0n) is 33.7. The van der Waals surface area contributed by atoms with Crippen molar-refractivity contribution >= 4 is 35.8 Å². The summed E-state index contributed by atoms with van der Waals surface area (Å²) in [5.74, 6) is 2.70. The van der Waals surface area contributed by atoms with Gasteiger partial charge in [-0.3, -0.25) is 23.8 Å². The molecular formula is C45H48N3O9PS2. The fourth-order valence-electron chi connectivity index (χ4n) is 8.00. The maximum Gasteiger partial charge on any atom is 0.330 e. The molecule has 3 aliphatic rings. The summed E-state index contributed by atoms with van der Waals surface area (Å²) in [5, 5.41) is 0.0365. The van der Waals surface area contributed by atoms with Crippen LogP contribution in [0.15, 0.2) is 125 Å².